The van der Waals surface area contributed by atoms with Crippen molar-refractivity contribution in [1.82, 2.24) is 26.2 Å². The molecule has 0 spiro atoms. The molecule has 5 rings (SSSR count). The maximum atomic E-state index is 14.5. The number of carbonyl (C=O) groups is 5. The Bertz CT molecular complexity index is 1450. The Balaban J connectivity index is 1.33. The number of likely N-dealkylation sites (tertiary alicyclic amines) is 1. The van der Waals surface area contributed by atoms with E-state index in [1.54, 1.807) is 4.90 Å². The summed E-state index contributed by atoms with van der Waals surface area (Å²) in [6.07, 6.45) is 10.5. The largest absolute Gasteiger partial charge is 0.346 e. The van der Waals surface area contributed by atoms with Gasteiger partial charge in [-0.25, -0.2) is 13.2 Å². The van der Waals surface area contributed by atoms with Crippen LogP contribution in [0, 0.1) is 28.6 Å². The van der Waals surface area contributed by atoms with E-state index in [-0.39, 0.29) is 40.7 Å². The molecule has 50 heavy (non-hydrogen) atoms. The molecule has 13 heteroatoms. The van der Waals surface area contributed by atoms with Crippen molar-refractivity contribution >= 4 is 39.4 Å². The summed E-state index contributed by atoms with van der Waals surface area (Å²) in [7, 11) is -3.42. The Morgan fingerprint density at radius 2 is 1.58 bits per heavy atom. The smallest absolute Gasteiger partial charge is 0.315 e. The Morgan fingerprint density at radius 3 is 2.16 bits per heavy atom. The van der Waals surface area contributed by atoms with Gasteiger partial charge in [0.25, 0.3) is 5.91 Å². The highest BCUT2D eigenvalue weighted by atomic mass is 32.2. The highest BCUT2D eigenvalue weighted by molar-refractivity contribution is 7.92. The minimum atomic E-state index is -3.42. The molecular formula is C37H59N5O7S. The van der Waals surface area contributed by atoms with Crippen LogP contribution in [-0.4, -0.2) is 90.6 Å². The van der Waals surface area contributed by atoms with Crippen LogP contribution in [0.4, 0.5) is 4.79 Å². The van der Waals surface area contributed by atoms with Crippen LogP contribution in [0.1, 0.15) is 112 Å². The SMILES string of the molecule is C=CCNC(=O)C(=O)C(CC1CC1)NC(=O)[C@@H]1[C@@H]2C(CN1C(=O)[C@@H](NC(=O)NC1(CS(=O)(=O)C3CCCC3)CCCCC1)C(C)(C)C)C2(C)C. The van der Waals surface area contributed by atoms with Crippen molar-refractivity contribution in [3.63, 3.8) is 0 Å². The molecule has 280 valence electrons. The maximum Gasteiger partial charge on any atom is 0.315 e. The molecule has 12 nitrogen and oxygen atoms in total. The topological polar surface area (TPSA) is 171 Å². The zero-order valence-corrected chi connectivity index (χ0v) is 31.5. The molecule has 5 fully saturated rings. The Labute approximate surface area is 298 Å². The molecule has 0 aromatic rings. The molecule has 0 radical (unpaired) electrons. The summed E-state index contributed by atoms with van der Waals surface area (Å²) in [5.41, 5.74) is -1.85. The van der Waals surface area contributed by atoms with Crippen molar-refractivity contribution in [3.8, 4) is 0 Å². The van der Waals surface area contributed by atoms with Crippen LogP contribution in [0.5, 0.6) is 0 Å². The van der Waals surface area contributed by atoms with E-state index in [2.05, 4.69) is 41.7 Å². The van der Waals surface area contributed by atoms with Gasteiger partial charge in [0.05, 0.1) is 22.6 Å². The second kappa shape index (κ2) is 14.6. The number of nitrogens with zero attached hydrogens (tertiary/aromatic N) is 1. The van der Waals surface area contributed by atoms with Gasteiger partial charge in [0.1, 0.15) is 12.1 Å². The fourth-order valence-corrected chi connectivity index (χ4v) is 11.3. The first-order valence-corrected chi connectivity index (χ1v) is 20.5. The van der Waals surface area contributed by atoms with E-state index >= 15 is 0 Å². The number of carbonyl (C=O) groups excluding carboxylic acids is 5. The van der Waals surface area contributed by atoms with Gasteiger partial charge in [-0.1, -0.05) is 85.6 Å². The molecule has 1 saturated heterocycles. The molecule has 1 aliphatic heterocycles. The van der Waals surface area contributed by atoms with Crippen LogP contribution in [0.15, 0.2) is 12.7 Å². The van der Waals surface area contributed by atoms with Crippen LogP contribution in [0.3, 0.4) is 0 Å². The molecule has 5 atom stereocenters. The van der Waals surface area contributed by atoms with Crippen molar-refractivity contribution in [3.05, 3.63) is 12.7 Å². The van der Waals surface area contributed by atoms with Crippen LogP contribution < -0.4 is 21.3 Å². The van der Waals surface area contributed by atoms with Gasteiger partial charge in [0.2, 0.25) is 17.6 Å². The van der Waals surface area contributed by atoms with Crippen molar-refractivity contribution < 1.29 is 32.4 Å². The number of piperidine rings is 1. The fraction of sp³-hybridized carbons (Fsp3) is 0.811. The standard InChI is InChI=1S/C37H59N5O7S/c1-7-19-38-32(45)29(43)26(20-23-15-16-23)39-31(44)28-27-25(36(27,5)6)21-42(28)33(46)30(35(2,3)4)40-34(47)41-37(17-11-8-12-18-37)22-50(48,49)24-13-9-10-14-24/h7,23-28,30H,1,8-22H2,2-6H3,(H,38,45)(H,39,44)(H2,40,41,47)/t25?,26?,27-,28-,30+/m0/s1. The number of Topliss-reactive ketones (excluding diaryl/α,β-unsaturated/α-hetero) is 1. The van der Waals surface area contributed by atoms with Gasteiger partial charge in [-0.05, 0) is 60.7 Å². The third-order valence-corrected chi connectivity index (χ3v) is 14.6. The van der Waals surface area contributed by atoms with E-state index in [4.69, 9.17) is 0 Å². The fourth-order valence-electron chi connectivity index (χ4n) is 8.91. The van der Waals surface area contributed by atoms with Gasteiger partial charge >= 0.3 is 6.03 Å². The molecular weight excluding hydrogens is 659 g/mol. The molecule has 5 aliphatic rings. The first-order chi connectivity index (χ1) is 23.4. The lowest BCUT2D eigenvalue weighted by molar-refractivity contribution is -0.145. The van der Waals surface area contributed by atoms with Gasteiger partial charge < -0.3 is 26.2 Å². The number of nitrogens with one attached hydrogen (secondary N) is 4. The molecule has 4 aliphatic carbocycles. The summed E-state index contributed by atoms with van der Waals surface area (Å²) in [5.74, 6) is -2.30. The number of sulfone groups is 1. The first-order valence-electron chi connectivity index (χ1n) is 18.7. The van der Waals surface area contributed by atoms with E-state index in [1.807, 2.05) is 20.8 Å². The van der Waals surface area contributed by atoms with Crippen LogP contribution in [0.25, 0.3) is 0 Å². The molecule has 5 amide bonds. The summed E-state index contributed by atoms with van der Waals surface area (Å²) in [4.78, 5) is 69.7. The minimum absolute atomic E-state index is 0.0661. The number of hydrogen-bond donors (Lipinski definition) is 4. The lowest BCUT2D eigenvalue weighted by atomic mass is 9.83. The summed E-state index contributed by atoms with van der Waals surface area (Å²) in [6.45, 7) is 13.7. The third-order valence-electron chi connectivity index (χ3n) is 12.2. The summed E-state index contributed by atoms with van der Waals surface area (Å²) in [5, 5.41) is 11.0. The summed E-state index contributed by atoms with van der Waals surface area (Å²) in [6, 6.07) is -3.48. The molecule has 2 unspecified atom stereocenters. The monoisotopic (exact) mass is 717 g/mol. The number of hydrogen-bond acceptors (Lipinski definition) is 7. The lowest BCUT2D eigenvalue weighted by Crippen LogP contribution is -2.64. The Kier molecular flexibility index (Phi) is 11.2. The zero-order valence-electron chi connectivity index (χ0n) is 30.6. The first kappa shape index (κ1) is 38.3. The number of rotatable bonds is 14. The summed E-state index contributed by atoms with van der Waals surface area (Å²) < 4.78 is 27.0. The molecule has 4 N–H and O–H groups in total. The predicted molar refractivity (Wildman–Crippen MR) is 191 cm³/mol. The normalized spacial score (nSPS) is 27.0. The average molecular weight is 718 g/mol. The maximum absolute atomic E-state index is 14.5. The Morgan fingerprint density at radius 1 is 0.940 bits per heavy atom. The molecule has 1 heterocycles. The lowest BCUT2D eigenvalue weighted by Gasteiger charge is -2.41. The zero-order chi connectivity index (χ0) is 36.6. The van der Waals surface area contributed by atoms with Gasteiger partial charge in [0.15, 0.2) is 9.84 Å². The molecule has 4 saturated carbocycles. The molecule has 0 aromatic carbocycles. The quantitative estimate of drug-likeness (QED) is 0.158. The highest BCUT2D eigenvalue weighted by Gasteiger charge is 2.70. The molecule has 0 aromatic heterocycles. The number of amides is 5. The average Bonchev–Trinajstić information content (AvgIpc) is 3.72. The van der Waals surface area contributed by atoms with E-state index in [0.29, 0.717) is 38.6 Å². The van der Waals surface area contributed by atoms with Gasteiger partial charge in [-0.15, -0.1) is 6.58 Å². The van der Waals surface area contributed by atoms with Gasteiger partial charge in [-0.2, -0.15) is 0 Å². The van der Waals surface area contributed by atoms with Crippen LogP contribution in [0.2, 0.25) is 0 Å². The van der Waals surface area contributed by atoms with E-state index < -0.39 is 68.5 Å². The highest BCUT2D eigenvalue weighted by Crippen LogP contribution is 2.65. The van der Waals surface area contributed by atoms with Gasteiger partial charge in [-0.3, -0.25) is 19.2 Å². The third kappa shape index (κ3) is 8.39. The Hall–Kier alpha value is -2.96. The van der Waals surface area contributed by atoms with Crippen molar-refractivity contribution in [2.45, 2.75) is 141 Å². The number of ketones is 1. The number of fused-ring (bicyclic) bond motifs is 1. The van der Waals surface area contributed by atoms with Gasteiger partial charge in [0, 0.05) is 13.1 Å². The van der Waals surface area contributed by atoms with E-state index in [0.717, 1.165) is 44.9 Å². The predicted octanol–water partition coefficient (Wildman–Crippen LogP) is 3.40. The minimum Gasteiger partial charge on any atom is -0.346 e. The van der Waals surface area contributed by atoms with Crippen molar-refractivity contribution in [1.29, 1.82) is 0 Å². The van der Waals surface area contributed by atoms with Crippen LogP contribution in [-0.2, 0) is 29.0 Å². The second-order valence-corrected chi connectivity index (χ2v) is 19.7. The van der Waals surface area contributed by atoms with Crippen molar-refractivity contribution in [2.75, 3.05) is 18.8 Å². The van der Waals surface area contributed by atoms with Crippen molar-refractivity contribution in [2.24, 2.45) is 28.6 Å². The van der Waals surface area contributed by atoms with Crippen LogP contribution >= 0.6 is 0 Å². The second-order valence-electron chi connectivity index (χ2n) is 17.4. The number of urea groups is 1. The van der Waals surface area contributed by atoms with E-state index in [9.17, 15) is 32.4 Å². The molecule has 0 bridgehead atoms. The summed E-state index contributed by atoms with van der Waals surface area (Å²) >= 11 is 0. The van der Waals surface area contributed by atoms with E-state index in [1.165, 1.54) is 6.08 Å².